The number of hydrogen-bond donors (Lipinski definition) is 0. The van der Waals surface area contributed by atoms with Crippen molar-refractivity contribution < 1.29 is 14.3 Å². The van der Waals surface area contributed by atoms with Gasteiger partial charge in [-0.05, 0) is 25.0 Å². The Hall–Kier alpha value is -3.59. The standard InChI is InChI=1S/C27H24O3/c1-3-29-27(28)23-19(2)30-26(22-17-11-6-12-18-22)25(21-15-9-5-10-16-21)24(23)20-13-7-4-8-14-20/h4-18,24H,3H2,1-2H3. The van der Waals surface area contributed by atoms with E-state index in [2.05, 4.69) is 12.1 Å². The van der Waals surface area contributed by atoms with Crippen LogP contribution in [0.4, 0.5) is 0 Å². The second kappa shape index (κ2) is 8.83. The molecule has 0 fully saturated rings. The molecule has 3 aromatic carbocycles. The first-order valence-corrected chi connectivity index (χ1v) is 10.2. The van der Waals surface area contributed by atoms with Crippen molar-refractivity contribution in [2.75, 3.05) is 6.61 Å². The third-order valence-corrected chi connectivity index (χ3v) is 5.21. The lowest BCUT2D eigenvalue weighted by Gasteiger charge is -2.32. The summed E-state index contributed by atoms with van der Waals surface area (Å²) in [6.07, 6.45) is 0. The van der Waals surface area contributed by atoms with E-state index < -0.39 is 0 Å². The lowest BCUT2D eigenvalue weighted by atomic mass is 9.78. The quantitative estimate of drug-likeness (QED) is 0.481. The van der Waals surface area contributed by atoms with Gasteiger partial charge < -0.3 is 9.47 Å². The highest BCUT2D eigenvalue weighted by molar-refractivity contribution is 6.02. The van der Waals surface area contributed by atoms with Crippen LogP contribution in [0, 0.1) is 0 Å². The highest BCUT2D eigenvalue weighted by Gasteiger charge is 2.37. The third kappa shape index (κ3) is 3.79. The summed E-state index contributed by atoms with van der Waals surface area (Å²) < 4.78 is 11.8. The first kappa shape index (κ1) is 19.7. The maximum Gasteiger partial charge on any atom is 0.338 e. The lowest BCUT2D eigenvalue weighted by molar-refractivity contribution is -0.139. The average Bonchev–Trinajstić information content (AvgIpc) is 2.80. The molecule has 0 bridgehead atoms. The fourth-order valence-corrected chi connectivity index (χ4v) is 3.91. The van der Waals surface area contributed by atoms with Crippen molar-refractivity contribution in [1.29, 1.82) is 0 Å². The Labute approximate surface area is 177 Å². The number of allylic oxidation sites excluding steroid dienone is 2. The minimum Gasteiger partial charge on any atom is -0.463 e. The second-order valence-electron chi connectivity index (χ2n) is 7.11. The van der Waals surface area contributed by atoms with E-state index in [1.165, 1.54) is 0 Å². The topological polar surface area (TPSA) is 35.5 Å². The zero-order valence-corrected chi connectivity index (χ0v) is 17.2. The van der Waals surface area contributed by atoms with Gasteiger partial charge in [0.25, 0.3) is 0 Å². The van der Waals surface area contributed by atoms with Crippen molar-refractivity contribution in [3.05, 3.63) is 119 Å². The van der Waals surface area contributed by atoms with Gasteiger partial charge in [0.1, 0.15) is 11.5 Å². The molecule has 1 unspecified atom stereocenters. The number of esters is 1. The van der Waals surface area contributed by atoms with E-state index in [0.29, 0.717) is 17.9 Å². The number of hydrogen-bond acceptors (Lipinski definition) is 3. The van der Waals surface area contributed by atoms with Crippen molar-refractivity contribution in [2.24, 2.45) is 0 Å². The predicted octanol–water partition coefficient (Wildman–Crippen LogP) is 6.21. The maximum absolute atomic E-state index is 13.0. The Bertz CT molecular complexity index is 1080. The highest BCUT2D eigenvalue weighted by atomic mass is 16.5. The molecule has 150 valence electrons. The van der Waals surface area contributed by atoms with Crippen LogP contribution >= 0.6 is 0 Å². The van der Waals surface area contributed by atoms with Gasteiger partial charge in [-0.2, -0.15) is 0 Å². The summed E-state index contributed by atoms with van der Waals surface area (Å²) in [7, 11) is 0. The summed E-state index contributed by atoms with van der Waals surface area (Å²) >= 11 is 0. The Kier molecular flexibility index (Phi) is 5.80. The van der Waals surface area contributed by atoms with Crippen LogP contribution in [-0.2, 0) is 14.3 Å². The van der Waals surface area contributed by atoms with Crippen LogP contribution in [0.2, 0.25) is 0 Å². The Balaban J connectivity index is 2.01. The molecule has 0 saturated heterocycles. The number of benzene rings is 3. The molecule has 0 saturated carbocycles. The van der Waals surface area contributed by atoms with Gasteiger partial charge in [0.15, 0.2) is 0 Å². The molecule has 1 heterocycles. The average molecular weight is 396 g/mol. The summed E-state index contributed by atoms with van der Waals surface area (Å²) in [6, 6.07) is 30.2. The molecule has 0 aromatic heterocycles. The van der Waals surface area contributed by atoms with Gasteiger partial charge in [0.2, 0.25) is 0 Å². The zero-order chi connectivity index (χ0) is 20.9. The van der Waals surface area contributed by atoms with E-state index in [0.717, 1.165) is 28.0 Å². The summed E-state index contributed by atoms with van der Waals surface area (Å²) in [4.78, 5) is 13.0. The molecule has 0 radical (unpaired) electrons. The predicted molar refractivity (Wildman–Crippen MR) is 119 cm³/mol. The second-order valence-corrected chi connectivity index (χ2v) is 7.11. The van der Waals surface area contributed by atoms with Gasteiger partial charge in [0, 0.05) is 17.1 Å². The van der Waals surface area contributed by atoms with Crippen LogP contribution in [-0.4, -0.2) is 12.6 Å². The molecule has 4 rings (SSSR count). The molecular formula is C27H24O3. The molecule has 1 atom stereocenters. The Morgan fingerprint density at radius 3 is 1.93 bits per heavy atom. The van der Waals surface area contributed by atoms with E-state index in [9.17, 15) is 4.79 Å². The fraction of sp³-hybridized carbons (Fsp3) is 0.148. The normalized spacial score (nSPS) is 16.3. The SMILES string of the molecule is CCOC(=O)C1=C(C)OC(c2ccccc2)=C(c2ccccc2)C1c1ccccc1. The number of carbonyl (C=O) groups is 1. The third-order valence-electron chi connectivity index (χ3n) is 5.21. The summed E-state index contributed by atoms with van der Waals surface area (Å²) in [5.74, 6) is 0.697. The van der Waals surface area contributed by atoms with Crippen LogP contribution in [0.3, 0.4) is 0 Å². The largest absolute Gasteiger partial charge is 0.463 e. The van der Waals surface area contributed by atoms with E-state index in [1.54, 1.807) is 0 Å². The van der Waals surface area contributed by atoms with Crippen molar-refractivity contribution >= 4 is 17.3 Å². The molecule has 1 aliphatic heterocycles. The highest BCUT2D eigenvalue weighted by Crippen LogP contribution is 2.48. The van der Waals surface area contributed by atoms with Crippen molar-refractivity contribution in [3.63, 3.8) is 0 Å². The minimum absolute atomic E-state index is 0.295. The molecule has 30 heavy (non-hydrogen) atoms. The van der Waals surface area contributed by atoms with Crippen molar-refractivity contribution in [2.45, 2.75) is 19.8 Å². The van der Waals surface area contributed by atoms with Gasteiger partial charge in [-0.25, -0.2) is 4.79 Å². The van der Waals surface area contributed by atoms with E-state index >= 15 is 0 Å². The molecule has 1 aliphatic rings. The van der Waals surface area contributed by atoms with Gasteiger partial charge in [-0.1, -0.05) is 91.0 Å². The van der Waals surface area contributed by atoms with Crippen molar-refractivity contribution in [1.82, 2.24) is 0 Å². The molecule has 0 spiro atoms. The minimum atomic E-state index is -0.343. The summed E-state index contributed by atoms with van der Waals surface area (Å²) in [5.41, 5.74) is 4.51. The van der Waals surface area contributed by atoms with Crippen LogP contribution < -0.4 is 0 Å². The van der Waals surface area contributed by atoms with Crippen molar-refractivity contribution in [3.8, 4) is 0 Å². The smallest absolute Gasteiger partial charge is 0.338 e. The molecular weight excluding hydrogens is 372 g/mol. The number of carbonyl (C=O) groups excluding carboxylic acids is 1. The molecule has 3 nitrogen and oxygen atoms in total. The van der Waals surface area contributed by atoms with Gasteiger partial charge in [-0.3, -0.25) is 0 Å². The Morgan fingerprint density at radius 2 is 1.37 bits per heavy atom. The zero-order valence-electron chi connectivity index (χ0n) is 17.2. The number of rotatable bonds is 5. The van der Waals surface area contributed by atoms with Gasteiger partial charge >= 0.3 is 5.97 Å². The molecule has 3 heteroatoms. The molecule has 0 aliphatic carbocycles. The lowest BCUT2D eigenvalue weighted by Crippen LogP contribution is -2.23. The fourth-order valence-electron chi connectivity index (χ4n) is 3.91. The molecule has 0 N–H and O–H groups in total. The van der Waals surface area contributed by atoms with Crippen LogP contribution in [0.5, 0.6) is 0 Å². The van der Waals surface area contributed by atoms with Crippen LogP contribution in [0.1, 0.15) is 36.5 Å². The summed E-state index contributed by atoms with van der Waals surface area (Å²) in [5, 5.41) is 0. The van der Waals surface area contributed by atoms with Crippen LogP contribution in [0.15, 0.2) is 102 Å². The first-order chi connectivity index (χ1) is 14.7. The Morgan fingerprint density at radius 1 is 0.833 bits per heavy atom. The van der Waals surface area contributed by atoms with E-state index in [-0.39, 0.29) is 11.9 Å². The van der Waals surface area contributed by atoms with Gasteiger partial charge in [-0.15, -0.1) is 0 Å². The van der Waals surface area contributed by atoms with E-state index in [1.807, 2.05) is 92.7 Å². The van der Waals surface area contributed by atoms with Gasteiger partial charge in [0.05, 0.1) is 12.2 Å². The monoisotopic (exact) mass is 396 g/mol. The maximum atomic E-state index is 13.0. The molecule has 3 aromatic rings. The summed E-state index contributed by atoms with van der Waals surface area (Å²) in [6.45, 7) is 3.97. The van der Waals surface area contributed by atoms with Crippen LogP contribution in [0.25, 0.3) is 11.3 Å². The first-order valence-electron chi connectivity index (χ1n) is 10.2. The number of ether oxygens (including phenoxy) is 2. The van der Waals surface area contributed by atoms with E-state index in [4.69, 9.17) is 9.47 Å². The molecule has 0 amide bonds.